The zero-order valence-corrected chi connectivity index (χ0v) is 9.96. The number of hydrogen-bond acceptors (Lipinski definition) is 2. The Kier molecular flexibility index (Phi) is 4.32. The fourth-order valence-electron chi connectivity index (χ4n) is 1.45. The van der Waals surface area contributed by atoms with Crippen LogP contribution in [-0.2, 0) is 6.42 Å². The molecule has 18 heavy (non-hydrogen) atoms. The smallest absolute Gasteiger partial charge is 0.387 e. The fourth-order valence-corrected chi connectivity index (χ4v) is 2.43. The van der Waals surface area contributed by atoms with E-state index < -0.39 is 24.4 Å². The van der Waals surface area contributed by atoms with E-state index in [2.05, 4.69) is 0 Å². The van der Waals surface area contributed by atoms with Gasteiger partial charge in [-0.1, -0.05) is 6.92 Å². The molecule has 0 spiro atoms. The molecule has 0 saturated heterocycles. The van der Waals surface area contributed by atoms with Crippen LogP contribution in [0.1, 0.15) is 22.8 Å². The lowest BCUT2D eigenvalue weighted by Gasteiger charge is -2.26. The molecule has 0 radical (unpaired) electrons. The normalized spacial score (nSPS) is 15.2. The predicted octanol–water partition coefficient (Wildman–Crippen LogP) is 4.08. The summed E-state index contributed by atoms with van der Waals surface area (Å²) in [5, 5.41) is 9.33. The maximum atomic E-state index is 12.4. The number of rotatable bonds is 3. The Balaban J connectivity index is 3.07. The quantitative estimate of drug-likeness (QED) is 0.832. The van der Waals surface area contributed by atoms with E-state index in [4.69, 9.17) is 0 Å². The van der Waals surface area contributed by atoms with Crippen molar-refractivity contribution in [2.45, 2.75) is 31.8 Å². The molecule has 104 valence electrons. The van der Waals surface area contributed by atoms with Gasteiger partial charge in [0.05, 0.1) is 0 Å². The van der Waals surface area contributed by atoms with E-state index in [-0.39, 0.29) is 4.88 Å². The van der Waals surface area contributed by atoms with Gasteiger partial charge in [-0.15, -0.1) is 11.3 Å². The molecular weight excluding hydrogens is 282 g/mol. The molecule has 0 aromatic carbocycles. The van der Waals surface area contributed by atoms with Crippen molar-refractivity contribution < 1.29 is 31.4 Å². The SMILES string of the molecule is CCc1ccc(C(O)C(C(F)(F)F)C(F)(F)F)s1. The first-order valence-electron chi connectivity index (χ1n) is 4.97. The Morgan fingerprint density at radius 2 is 1.61 bits per heavy atom. The molecule has 1 rings (SSSR count). The first-order valence-corrected chi connectivity index (χ1v) is 5.79. The Morgan fingerprint density at radius 3 is 1.94 bits per heavy atom. The van der Waals surface area contributed by atoms with Crippen LogP contribution in [0.2, 0.25) is 0 Å². The Hall–Kier alpha value is -0.760. The molecule has 1 N–H and O–H groups in total. The molecule has 0 amide bonds. The number of halogens is 6. The number of thiophene rings is 1. The van der Waals surface area contributed by atoms with Gasteiger partial charge in [-0.3, -0.25) is 0 Å². The van der Waals surface area contributed by atoms with Gasteiger partial charge >= 0.3 is 12.4 Å². The third-order valence-corrected chi connectivity index (χ3v) is 3.64. The first kappa shape index (κ1) is 15.3. The van der Waals surface area contributed by atoms with Crippen molar-refractivity contribution in [2.75, 3.05) is 0 Å². The highest BCUT2D eigenvalue weighted by Crippen LogP contribution is 2.47. The molecule has 0 saturated carbocycles. The average molecular weight is 292 g/mol. The Morgan fingerprint density at radius 1 is 1.11 bits per heavy atom. The largest absolute Gasteiger partial charge is 0.403 e. The van der Waals surface area contributed by atoms with E-state index in [0.29, 0.717) is 11.3 Å². The number of hydrogen-bond donors (Lipinski definition) is 1. The third kappa shape index (κ3) is 3.38. The van der Waals surface area contributed by atoms with Crippen molar-refractivity contribution in [1.82, 2.24) is 0 Å². The monoisotopic (exact) mass is 292 g/mol. The lowest BCUT2D eigenvalue weighted by Crippen LogP contribution is -2.40. The van der Waals surface area contributed by atoms with Gasteiger partial charge in [0.25, 0.3) is 0 Å². The standard InChI is InChI=1S/C10H10F6OS/c1-2-5-3-4-6(18-5)7(17)8(9(11,12)13)10(14,15)16/h3-4,7-8,17H,2H2,1H3. The molecule has 0 aliphatic heterocycles. The molecule has 0 aliphatic carbocycles. The molecule has 0 aliphatic rings. The van der Waals surface area contributed by atoms with Crippen molar-refractivity contribution in [3.63, 3.8) is 0 Å². The number of alkyl halides is 6. The number of aliphatic hydroxyl groups excluding tert-OH is 1. The average Bonchev–Trinajstić information content (AvgIpc) is 2.60. The van der Waals surface area contributed by atoms with Gasteiger partial charge in [-0.2, -0.15) is 26.3 Å². The maximum Gasteiger partial charge on any atom is 0.403 e. The topological polar surface area (TPSA) is 20.2 Å². The van der Waals surface area contributed by atoms with Crippen LogP contribution in [-0.4, -0.2) is 17.5 Å². The lowest BCUT2D eigenvalue weighted by atomic mass is 10.00. The van der Waals surface area contributed by atoms with Crippen molar-refractivity contribution in [2.24, 2.45) is 5.92 Å². The van der Waals surface area contributed by atoms with Gasteiger partial charge < -0.3 is 5.11 Å². The van der Waals surface area contributed by atoms with Crippen molar-refractivity contribution in [1.29, 1.82) is 0 Å². The summed E-state index contributed by atoms with van der Waals surface area (Å²) in [7, 11) is 0. The van der Waals surface area contributed by atoms with E-state index in [1.54, 1.807) is 6.92 Å². The zero-order chi connectivity index (χ0) is 14.1. The predicted molar refractivity (Wildman–Crippen MR) is 54.3 cm³/mol. The van der Waals surface area contributed by atoms with E-state index in [9.17, 15) is 31.4 Å². The lowest BCUT2D eigenvalue weighted by molar-refractivity contribution is -0.307. The Labute approximate surface area is 103 Å². The van der Waals surface area contributed by atoms with Crippen molar-refractivity contribution >= 4 is 11.3 Å². The van der Waals surface area contributed by atoms with E-state index >= 15 is 0 Å². The second-order valence-electron chi connectivity index (χ2n) is 3.66. The fraction of sp³-hybridized carbons (Fsp3) is 0.600. The summed E-state index contributed by atoms with van der Waals surface area (Å²) in [6, 6.07) is 2.51. The molecule has 0 fully saturated rings. The number of aliphatic hydroxyl groups is 1. The van der Waals surface area contributed by atoms with Gasteiger partial charge in [0.15, 0.2) is 5.92 Å². The highest BCUT2D eigenvalue weighted by molar-refractivity contribution is 7.12. The van der Waals surface area contributed by atoms with E-state index in [0.717, 1.165) is 17.4 Å². The number of aryl methyl sites for hydroxylation is 1. The second-order valence-corrected chi connectivity index (χ2v) is 4.86. The summed E-state index contributed by atoms with van der Waals surface area (Å²) in [6.07, 6.45) is -13.2. The zero-order valence-electron chi connectivity index (χ0n) is 9.14. The third-order valence-electron chi connectivity index (χ3n) is 2.34. The van der Waals surface area contributed by atoms with Crippen LogP contribution in [0.5, 0.6) is 0 Å². The minimum Gasteiger partial charge on any atom is -0.387 e. The summed E-state index contributed by atoms with van der Waals surface area (Å²) in [5.41, 5.74) is 0. The molecular formula is C10H10F6OS. The van der Waals surface area contributed by atoms with Crippen LogP contribution >= 0.6 is 11.3 Å². The van der Waals surface area contributed by atoms with Crippen LogP contribution in [0.15, 0.2) is 12.1 Å². The second kappa shape index (κ2) is 5.08. The summed E-state index contributed by atoms with van der Waals surface area (Å²) >= 11 is 0.752. The highest BCUT2D eigenvalue weighted by Gasteiger charge is 2.60. The first-order chi connectivity index (χ1) is 8.07. The summed E-state index contributed by atoms with van der Waals surface area (Å²) in [5.74, 6) is -3.76. The molecule has 0 bridgehead atoms. The van der Waals surface area contributed by atoms with Gasteiger partial charge in [-0.25, -0.2) is 0 Å². The summed E-state index contributed by atoms with van der Waals surface area (Å²) < 4.78 is 74.2. The van der Waals surface area contributed by atoms with E-state index in [1.807, 2.05) is 0 Å². The minimum atomic E-state index is -5.53. The van der Waals surface area contributed by atoms with E-state index in [1.165, 1.54) is 6.07 Å². The maximum absolute atomic E-state index is 12.4. The van der Waals surface area contributed by atoms with Gasteiger partial charge in [0.1, 0.15) is 6.10 Å². The molecule has 1 aromatic rings. The summed E-state index contributed by atoms with van der Waals surface area (Å²) in [6.45, 7) is 1.72. The van der Waals surface area contributed by atoms with Crippen LogP contribution in [0.25, 0.3) is 0 Å². The van der Waals surface area contributed by atoms with Crippen LogP contribution < -0.4 is 0 Å². The highest BCUT2D eigenvalue weighted by atomic mass is 32.1. The summed E-state index contributed by atoms with van der Waals surface area (Å²) in [4.78, 5) is 0.290. The molecule has 1 heterocycles. The minimum absolute atomic E-state index is 0.327. The van der Waals surface area contributed by atoms with Gasteiger partial charge in [-0.05, 0) is 18.6 Å². The van der Waals surface area contributed by atoms with Gasteiger partial charge in [0.2, 0.25) is 0 Å². The van der Waals surface area contributed by atoms with Crippen LogP contribution in [0.4, 0.5) is 26.3 Å². The van der Waals surface area contributed by atoms with Crippen molar-refractivity contribution in [3.8, 4) is 0 Å². The molecule has 1 aromatic heterocycles. The van der Waals surface area contributed by atoms with Crippen molar-refractivity contribution in [3.05, 3.63) is 21.9 Å². The molecule has 8 heteroatoms. The molecule has 1 unspecified atom stereocenters. The molecule has 1 nitrogen and oxygen atoms in total. The van der Waals surface area contributed by atoms with Crippen LogP contribution in [0.3, 0.4) is 0 Å². The van der Waals surface area contributed by atoms with Gasteiger partial charge in [0, 0.05) is 9.75 Å². The van der Waals surface area contributed by atoms with Crippen LogP contribution in [0, 0.1) is 5.92 Å². The Bertz CT molecular complexity index is 380. The molecule has 1 atom stereocenters.